The Labute approximate surface area is 165 Å². The van der Waals surface area contributed by atoms with Gasteiger partial charge in [-0.3, -0.25) is 9.48 Å². The zero-order chi connectivity index (χ0) is 19.4. The van der Waals surface area contributed by atoms with Crippen molar-refractivity contribution in [3.05, 3.63) is 51.7 Å². The number of benzene rings is 1. The predicted molar refractivity (Wildman–Crippen MR) is 98.3 cm³/mol. The molecule has 1 saturated carbocycles. The highest BCUT2D eigenvalue weighted by Crippen LogP contribution is 2.39. The molecule has 1 amide bonds. The minimum atomic E-state index is -0.624. The Morgan fingerprint density at radius 1 is 1.36 bits per heavy atom. The standard InChI is InChI=1S/C19H17ClFN5O2/c1-25-14-7-8-26(19(27)15-12(20)3-2-4-13(15)21)9-11(14)16(23-25)18-22-17(24-28-18)10-5-6-10/h2-4,10H,5-9H2,1H3. The topological polar surface area (TPSA) is 77.1 Å². The average molecular weight is 402 g/mol. The third-order valence-electron chi connectivity index (χ3n) is 5.29. The van der Waals surface area contributed by atoms with Gasteiger partial charge in [0.2, 0.25) is 0 Å². The summed E-state index contributed by atoms with van der Waals surface area (Å²) in [6, 6.07) is 4.23. The van der Waals surface area contributed by atoms with Crippen molar-refractivity contribution in [3.8, 4) is 11.6 Å². The molecule has 3 heterocycles. The van der Waals surface area contributed by atoms with Gasteiger partial charge in [0.1, 0.15) is 5.82 Å². The molecule has 144 valence electrons. The Morgan fingerprint density at radius 3 is 2.93 bits per heavy atom. The third kappa shape index (κ3) is 2.79. The lowest BCUT2D eigenvalue weighted by molar-refractivity contribution is 0.0729. The van der Waals surface area contributed by atoms with Crippen LogP contribution in [0.1, 0.15) is 46.2 Å². The van der Waals surface area contributed by atoms with Crippen molar-refractivity contribution in [2.45, 2.75) is 31.7 Å². The summed E-state index contributed by atoms with van der Waals surface area (Å²) >= 11 is 6.08. The van der Waals surface area contributed by atoms with E-state index in [9.17, 15) is 9.18 Å². The van der Waals surface area contributed by atoms with Crippen LogP contribution >= 0.6 is 11.6 Å². The van der Waals surface area contributed by atoms with E-state index in [0.717, 1.165) is 24.1 Å². The summed E-state index contributed by atoms with van der Waals surface area (Å²) in [6.07, 6.45) is 2.75. The summed E-state index contributed by atoms with van der Waals surface area (Å²) in [4.78, 5) is 19.0. The lowest BCUT2D eigenvalue weighted by Gasteiger charge is -2.28. The lowest BCUT2D eigenvalue weighted by Crippen LogP contribution is -2.37. The second-order valence-corrected chi connectivity index (χ2v) is 7.61. The van der Waals surface area contributed by atoms with Gasteiger partial charge in [-0.15, -0.1) is 0 Å². The predicted octanol–water partition coefficient (Wildman–Crippen LogP) is 3.34. The molecule has 0 unspecified atom stereocenters. The number of carbonyl (C=O) groups excluding carboxylic acids is 1. The fourth-order valence-electron chi connectivity index (χ4n) is 3.64. The van der Waals surface area contributed by atoms with E-state index in [4.69, 9.17) is 16.1 Å². The van der Waals surface area contributed by atoms with Crippen molar-refractivity contribution in [2.24, 2.45) is 7.05 Å². The van der Waals surface area contributed by atoms with Gasteiger partial charge in [-0.05, 0) is 25.0 Å². The minimum Gasteiger partial charge on any atom is -0.334 e. The van der Waals surface area contributed by atoms with Crippen LogP contribution in [0.4, 0.5) is 4.39 Å². The number of carbonyl (C=O) groups is 1. The molecule has 0 N–H and O–H groups in total. The van der Waals surface area contributed by atoms with Crippen molar-refractivity contribution < 1.29 is 13.7 Å². The smallest absolute Gasteiger partial charge is 0.278 e. The molecule has 1 fully saturated rings. The lowest BCUT2D eigenvalue weighted by atomic mass is 10.0. The Bertz CT molecular complexity index is 1070. The van der Waals surface area contributed by atoms with Gasteiger partial charge in [0.25, 0.3) is 11.8 Å². The molecule has 2 aliphatic rings. The van der Waals surface area contributed by atoms with Crippen LogP contribution in [0.3, 0.4) is 0 Å². The summed E-state index contributed by atoms with van der Waals surface area (Å²) in [5.41, 5.74) is 2.33. The fraction of sp³-hybridized carbons (Fsp3) is 0.368. The van der Waals surface area contributed by atoms with Crippen LogP contribution < -0.4 is 0 Å². The SMILES string of the molecule is Cn1nc(-c2nc(C3CC3)no2)c2c1CCN(C(=O)c1c(F)cccc1Cl)C2. The largest absolute Gasteiger partial charge is 0.334 e. The maximum absolute atomic E-state index is 14.2. The summed E-state index contributed by atoms with van der Waals surface area (Å²) in [5, 5.41) is 8.70. The average Bonchev–Trinajstić information content (AvgIpc) is 3.32. The molecular weight excluding hydrogens is 385 g/mol. The minimum absolute atomic E-state index is 0.105. The van der Waals surface area contributed by atoms with E-state index in [2.05, 4.69) is 15.2 Å². The highest BCUT2D eigenvalue weighted by atomic mass is 35.5. The molecule has 0 atom stereocenters. The zero-order valence-electron chi connectivity index (χ0n) is 15.2. The fourth-order valence-corrected chi connectivity index (χ4v) is 3.88. The number of aryl methyl sites for hydroxylation is 1. The molecule has 3 aromatic rings. The normalized spacial score (nSPS) is 16.3. The maximum Gasteiger partial charge on any atom is 0.278 e. The van der Waals surface area contributed by atoms with Gasteiger partial charge in [0, 0.05) is 37.2 Å². The van der Waals surface area contributed by atoms with Crippen molar-refractivity contribution in [1.82, 2.24) is 24.8 Å². The highest BCUT2D eigenvalue weighted by molar-refractivity contribution is 6.33. The molecule has 1 aromatic carbocycles. The van der Waals surface area contributed by atoms with E-state index in [1.165, 1.54) is 18.2 Å². The Kier molecular flexibility index (Phi) is 3.97. The summed E-state index contributed by atoms with van der Waals surface area (Å²) in [6.45, 7) is 0.732. The van der Waals surface area contributed by atoms with E-state index in [1.807, 2.05) is 7.05 Å². The van der Waals surface area contributed by atoms with E-state index in [-0.39, 0.29) is 17.1 Å². The Balaban J connectivity index is 1.48. The second-order valence-electron chi connectivity index (χ2n) is 7.20. The van der Waals surface area contributed by atoms with E-state index >= 15 is 0 Å². The van der Waals surface area contributed by atoms with Crippen molar-refractivity contribution in [2.75, 3.05) is 6.54 Å². The number of nitrogens with zero attached hydrogens (tertiary/aromatic N) is 5. The van der Waals surface area contributed by atoms with Crippen molar-refractivity contribution >= 4 is 17.5 Å². The zero-order valence-corrected chi connectivity index (χ0v) is 15.9. The number of fused-ring (bicyclic) bond motifs is 1. The molecule has 1 aliphatic carbocycles. The van der Waals surface area contributed by atoms with Crippen molar-refractivity contribution in [3.63, 3.8) is 0 Å². The van der Waals surface area contributed by atoms with Crippen LogP contribution in [-0.2, 0) is 20.0 Å². The number of hydrogen-bond acceptors (Lipinski definition) is 5. The van der Waals surface area contributed by atoms with Crippen LogP contribution in [0.5, 0.6) is 0 Å². The first-order valence-electron chi connectivity index (χ1n) is 9.15. The molecule has 7 nitrogen and oxygen atoms in total. The highest BCUT2D eigenvalue weighted by Gasteiger charge is 2.33. The summed E-state index contributed by atoms with van der Waals surface area (Å²) in [7, 11) is 1.85. The van der Waals surface area contributed by atoms with Gasteiger partial charge in [-0.1, -0.05) is 22.8 Å². The van der Waals surface area contributed by atoms with E-state index in [1.54, 1.807) is 9.58 Å². The number of hydrogen-bond donors (Lipinski definition) is 0. The molecular formula is C19H17ClFN5O2. The van der Waals surface area contributed by atoms with E-state index in [0.29, 0.717) is 36.3 Å². The third-order valence-corrected chi connectivity index (χ3v) is 5.61. The Morgan fingerprint density at radius 2 is 2.18 bits per heavy atom. The van der Waals surface area contributed by atoms with Gasteiger partial charge in [-0.2, -0.15) is 10.1 Å². The monoisotopic (exact) mass is 401 g/mol. The van der Waals surface area contributed by atoms with E-state index < -0.39 is 11.7 Å². The molecule has 0 bridgehead atoms. The van der Waals surface area contributed by atoms with Gasteiger partial charge >= 0.3 is 0 Å². The molecule has 28 heavy (non-hydrogen) atoms. The quantitative estimate of drug-likeness (QED) is 0.672. The molecule has 0 saturated heterocycles. The molecule has 1 aliphatic heterocycles. The number of halogens is 2. The summed E-state index contributed by atoms with van der Waals surface area (Å²) < 4.78 is 21.4. The first-order valence-corrected chi connectivity index (χ1v) is 9.52. The van der Waals surface area contributed by atoms with Crippen LogP contribution in [0.15, 0.2) is 22.7 Å². The van der Waals surface area contributed by atoms with Gasteiger partial charge in [0.05, 0.1) is 17.1 Å². The molecule has 5 rings (SSSR count). The van der Waals surface area contributed by atoms with Gasteiger partial charge in [0.15, 0.2) is 11.5 Å². The molecule has 0 radical (unpaired) electrons. The Hall–Kier alpha value is -2.74. The molecule has 9 heteroatoms. The van der Waals surface area contributed by atoms with Crippen LogP contribution in [-0.4, -0.2) is 37.3 Å². The number of rotatable bonds is 3. The van der Waals surface area contributed by atoms with Crippen molar-refractivity contribution in [1.29, 1.82) is 0 Å². The maximum atomic E-state index is 14.2. The van der Waals surface area contributed by atoms with Gasteiger partial charge in [-0.25, -0.2) is 4.39 Å². The first kappa shape index (κ1) is 17.4. The number of aromatic nitrogens is 4. The van der Waals surface area contributed by atoms with Crippen LogP contribution in [0, 0.1) is 5.82 Å². The van der Waals surface area contributed by atoms with Gasteiger partial charge < -0.3 is 9.42 Å². The molecule has 0 spiro atoms. The number of amides is 1. The van der Waals surface area contributed by atoms with Crippen LogP contribution in [0.25, 0.3) is 11.6 Å². The first-order chi connectivity index (χ1) is 13.5. The second kappa shape index (κ2) is 6.41. The van der Waals surface area contributed by atoms with Crippen LogP contribution in [0.2, 0.25) is 5.02 Å². The molecule has 2 aromatic heterocycles. The summed E-state index contributed by atoms with van der Waals surface area (Å²) in [5.74, 6) is 0.375.